The molecule has 0 radical (unpaired) electrons. The maximum atomic E-state index is 13.1. The number of hydrogen-bond acceptors (Lipinski definition) is 5. The minimum Gasteiger partial charge on any atom is -0.465 e. The molecule has 2 amide bonds. The molecule has 2 heterocycles. The van der Waals surface area contributed by atoms with Gasteiger partial charge in [0.2, 0.25) is 0 Å². The van der Waals surface area contributed by atoms with E-state index in [0.29, 0.717) is 12.1 Å². The summed E-state index contributed by atoms with van der Waals surface area (Å²) >= 11 is 0. The Labute approximate surface area is 153 Å². The lowest BCUT2D eigenvalue weighted by atomic mass is 9.94. The normalized spacial score (nSPS) is 19.3. The van der Waals surface area contributed by atoms with E-state index >= 15 is 0 Å². The lowest BCUT2D eigenvalue weighted by molar-refractivity contribution is 0.100. The molecule has 0 spiro atoms. The van der Waals surface area contributed by atoms with Gasteiger partial charge in [-0.25, -0.2) is 9.18 Å². The highest BCUT2D eigenvalue weighted by Gasteiger charge is 2.34. The van der Waals surface area contributed by atoms with Gasteiger partial charge in [0.05, 0.1) is 18.0 Å². The zero-order chi connectivity index (χ0) is 19.6. The Morgan fingerprint density at radius 2 is 2.07 bits per heavy atom. The molecule has 10 heteroatoms. The molecule has 0 saturated carbocycles. The van der Waals surface area contributed by atoms with Gasteiger partial charge in [-0.1, -0.05) is 0 Å². The fourth-order valence-electron chi connectivity index (χ4n) is 3.06. The molecule has 2 aromatic rings. The lowest BCUT2D eigenvalue weighted by Crippen LogP contribution is -2.43. The SMILES string of the molecule is N#C[C@H]1CN(C(=O)O)CC[C@@H]1n1cc(C(N)=O)c(Nc2ccc(F)cc2)n1. The number of rotatable bonds is 4. The van der Waals surface area contributed by atoms with Crippen LogP contribution >= 0.6 is 0 Å². The van der Waals surface area contributed by atoms with Gasteiger partial charge in [0, 0.05) is 25.0 Å². The molecule has 1 aliphatic rings. The molecule has 1 aromatic carbocycles. The number of nitriles is 1. The molecule has 1 aliphatic heterocycles. The second-order valence-corrected chi connectivity index (χ2v) is 6.19. The van der Waals surface area contributed by atoms with Crippen LogP contribution in [0.25, 0.3) is 0 Å². The second kappa shape index (κ2) is 7.33. The number of amides is 2. The molecular weight excluding hydrogens is 355 g/mol. The fourth-order valence-corrected chi connectivity index (χ4v) is 3.06. The topological polar surface area (TPSA) is 137 Å². The molecule has 140 valence electrons. The van der Waals surface area contributed by atoms with Crippen LogP contribution in [0.4, 0.5) is 20.7 Å². The standard InChI is InChI=1S/C17H17FN6O3/c18-11-1-3-12(4-2-11)21-16-13(15(20)25)9-24(22-16)14-5-6-23(17(26)27)8-10(14)7-19/h1-4,9-10,14H,5-6,8H2,(H2,20,25)(H,21,22)(H,26,27)/t10-,14-/m0/s1. The quantitative estimate of drug-likeness (QED) is 0.750. The summed E-state index contributed by atoms with van der Waals surface area (Å²) in [6.07, 6.45) is 0.741. The van der Waals surface area contributed by atoms with E-state index in [2.05, 4.69) is 16.5 Å². The largest absolute Gasteiger partial charge is 0.465 e. The highest BCUT2D eigenvalue weighted by molar-refractivity contribution is 5.98. The van der Waals surface area contributed by atoms with Crippen LogP contribution in [0.3, 0.4) is 0 Å². The first-order chi connectivity index (χ1) is 12.9. The third kappa shape index (κ3) is 3.82. The van der Waals surface area contributed by atoms with Crippen molar-refractivity contribution in [3.8, 4) is 6.07 Å². The molecule has 1 aromatic heterocycles. The van der Waals surface area contributed by atoms with E-state index < -0.39 is 29.8 Å². The van der Waals surface area contributed by atoms with Crippen molar-refractivity contribution in [1.29, 1.82) is 5.26 Å². The third-order valence-corrected chi connectivity index (χ3v) is 4.46. The predicted molar refractivity (Wildman–Crippen MR) is 92.8 cm³/mol. The van der Waals surface area contributed by atoms with Crippen molar-refractivity contribution in [2.45, 2.75) is 12.5 Å². The van der Waals surface area contributed by atoms with Crippen molar-refractivity contribution in [2.24, 2.45) is 11.7 Å². The zero-order valence-corrected chi connectivity index (χ0v) is 14.2. The molecule has 2 atom stereocenters. The van der Waals surface area contributed by atoms with Gasteiger partial charge in [0.25, 0.3) is 5.91 Å². The monoisotopic (exact) mass is 372 g/mol. The van der Waals surface area contributed by atoms with Crippen LogP contribution < -0.4 is 11.1 Å². The van der Waals surface area contributed by atoms with Gasteiger partial charge < -0.3 is 21.1 Å². The van der Waals surface area contributed by atoms with Gasteiger partial charge in [-0.3, -0.25) is 9.48 Å². The number of primary amides is 1. The first-order valence-electron chi connectivity index (χ1n) is 8.18. The van der Waals surface area contributed by atoms with Gasteiger partial charge in [0.15, 0.2) is 5.82 Å². The first kappa shape index (κ1) is 18.2. The lowest BCUT2D eigenvalue weighted by Gasteiger charge is -2.33. The van der Waals surface area contributed by atoms with Crippen LogP contribution in [0.15, 0.2) is 30.5 Å². The molecule has 0 aliphatic carbocycles. The number of carboxylic acid groups (broad SMARTS) is 1. The molecule has 9 nitrogen and oxygen atoms in total. The summed E-state index contributed by atoms with van der Waals surface area (Å²) in [6, 6.07) is 7.21. The van der Waals surface area contributed by atoms with Crippen LogP contribution in [-0.4, -0.2) is 44.9 Å². The minimum absolute atomic E-state index is 0.0585. The maximum absolute atomic E-state index is 13.1. The summed E-state index contributed by atoms with van der Waals surface area (Å²) in [6.45, 7) is 0.313. The number of anilines is 2. The summed E-state index contributed by atoms with van der Waals surface area (Å²) in [4.78, 5) is 24.1. The summed E-state index contributed by atoms with van der Waals surface area (Å²) in [5.74, 6) is -1.54. The van der Waals surface area contributed by atoms with E-state index in [0.717, 1.165) is 0 Å². The van der Waals surface area contributed by atoms with Crippen molar-refractivity contribution >= 4 is 23.5 Å². The van der Waals surface area contributed by atoms with Crippen LogP contribution in [0, 0.1) is 23.1 Å². The molecule has 0 bridgehead atoms. The number of nitrogens with two attached hydrogens (primary N) is 1. The Balaban J connectivity index is 1.88. The van der Waals surface area contributed by atoms with Crippen molar-refractivity contribution in [3.63, 3.8) is 0 Å². The van der Waals surface area contributed by atoms with E-state index in [9.17, 15) is 19.2 Å². The molecule has 4 N–H and O–H groups in total. The van der Waals surface area contributed by atoms with Crippen LogP contribution in [0.5, 0.6) is 0 Å². The number of hydrogen-bond donors (Lipinski definition) is 3. The van der Waals surface area contributed by atoms with Crippen molar-refractivity contribution in [1.82, 2.24) is 14.7 Å². The van der Waals surface area contributed by atoms with E-state index in [4.69, 9.17) is 10.8 Å². The van der Waals surface area contributed by atoms with Crippen LogP contribution in [0.1, 0.15) is 22.8 Å². The Kier molecular flexibility index (Phi) is 4.94. The molecule has 1 saturated heterocycles. The summed E-state index contributed by atoms with van der Waals surface area (Å²) in [5, 5.41) is 25.8. The third-order valence-electron chi connectivity index (χ3n) is 4.46. The number of piperidine rings is 1. The summed E-state index contributed by atoms with van der Waals surface area (Å²) in [7, 11) is 0. The smallest absolute Gasteiger partial charge is 0.407 e. The molecule has 1 fully saturated rings. The zero-order valence-electron chi connectivity index (χ0n) is 14.2. The number of nitrogens with one attached hydrogen (secondary N) is 1. The maximum Gasteiger partial charge on any atom is 0.407 e. The number of nitrogens with zero attached hydrogens (tertiary/aromatic N) is 4. The Morgan fingerprint density at radius 1 is 1.37 bits per heavy atom. The number of carbonyl (C=O) groups excluding carboxylic acids is 1. The molecule has 3 rings (SSSR count). The van der Waals surface area contributed by atoms with E-state index in [1.54, 1.807) is 0 Å². The minimum atomic E-state index is -1.08. The first-order valence-corrected chi connectivity index (χ1v) is 8.18. The molecule has 27 heavy (non-hydrogen) atoms. The van der Waals surface area contributed by atoms with Gasteiger partial charge in [-0.05, 0) is 30.7 Å². The summed E-state index contributed by atoms with van der Waals surface area (Å²) < 4.78 is 14.5. The Bertz CT molecular complexity index is 904. The van der Waals surface area contributed by atoms with Crippen LogP contribution in [-0.2, 0) is 0 Å². The molecule has 0 unspecified atom stereocenters. The van der Waals surface area contributed by atoms with Gasteiger partial charge in [-0.2, -0.15) is 10.4 Å². The second-order valence-electron chi connectivity index (χ2n) is 6.19. The summed E-state index contributed by atoms with van der Waals surface area (Å²) in [5.41, 5.74) is 6.06. The highest BCUT2D eigenvalue weighted by atomic mass is 19.1. The number of benzene rings is 1. The van der Waals surface area contributed by atoms with E-state index in [1.807, 2.05) is 0 Å². The predicted octanol–water partition coefficient (Wildman–Crippen LogP) is 1.93. The number of carbonyl (C=O) groups is 2. The number of likely N-dealkylation sites (tertiary alicyclic amines) is 1. The average Bonchev–Trinajstić information content (AvgIpc) is 3.07. The Hall–Kier alpha value is -3.61. The fraction of sp³-hybridized carbons (Fsp3) is 0.294. The van der Waals surface area contributed by atoms with E-state index in [-0.39, 0.29) is 24.5 Å². The highest BCUT2D eigenvalue weighted by Crippen LogP contribution is 2.30. The van der Waals surface area contributed by atoms with Crippen LogP contribution in [0.2, 0.25) is 0 Å². The number of halogens is 1. The number of aromatic nitrogens is 2. The van der Waals surface area contributed by atoms with Crippen molar-refractivity contribution in [3.05, 3.63) is 41.8 Å². The van der Waals surface area contributed by atoms with E-state index in [1.165, 1.54) is 40.0 Å². The van der Waals surface area contributed by atoms with Gasteiger partial charge in [0.1, 0.15) is 11.4 Å². The van der Waals surface area contributed by atoms with Gasteiger partial charge >= 0.3 is 6.09 Å². The average molecular weight is 372 g/mol. The van der Waals surface area contributed by atoms with Crippen molar-refractivity contribution in [2.75, 3.05) is 18.4 Å². The van der Waals surface area contributed by atoms with Crippen molar-refractivity contribution < 1.29 is 19.1 Å². The Morgan fingerprint density at radius 3 is 2.67 bits per heavy atom. The molecular formula is C17H17FN6O3. The van der Waals surface area contributed by atoms with Gasteiger partial charge in [-0.15, -0.1) is 0 Å².